The Balaban J connectivity index is 1.69. The second-order valence-electron chi connectivity index (χ2n) is 5.01. The third kappa shape index (κ3) is 4.63. The normalized spacial score (nSPS) is 21.6. The summed E-state index contributed by atoms with van der Waals surface area (Å²) < 4.78 is 5.43. The number of rotatable bonds is 6. The minimum atomic E-state index is -0.0472. The standard InChI is InChI=1S/C15H22N2O2S/c1-2-20-14-8-5-12(9-14)17-15(18)10-19-13-6-3-11(16)4-7-13/h3-4,6-7,12,14H,2,5,8-10,16H2,1H3,(H,17,18). The van der Waals surface area contributed by atoms with Crippen molar-refractivity contribution in [2.24, 2.45) is 0 Å². The Bertz CT molecular complexity index is 436. The van der Waals surface area contributed by atoms with Crippen LogP contribution in [0.15, 0.2) is 24.3 Å². The van der Waals surface area contributed by atoms with E-state index in [0.29, 0.717) is 22.7 Å². The Labute approximate surface area is 124 Å². The first-order chi connectivity index (χ1) is 9.67. The van der Waals surface area contributed by atoms with Crippen LogP contribution in [0.5, 0.6) is 5.75 Å². The topological polar surface area (TPSA) is 64.3 Å². The first kappa shape index (κ1) is 15.0. The molecule has 1 aliphatic rings. The Morgan fingerprint density at radius 2 is 2.15 bits per heavy atom. The van der Waals surface area contributed by atoms with Crippen molar-refractivity contribution in [1.82, 2.24) is 5.32 Å². The van der Waals surface area contributed by atoms with Crippen LogP contribution < -0.4 is 15.8 Å². The maximum Gasteiger partial charge on any atom is 0.258 e. The summed E-state index contributed by atoms with van der Waals surface area (Å²) in [6.45, 7) is 2.24. The SMILES string of the molecule is CCSC1CCC(NC(=O)COc2ccc(N)cc2)C1. The Morgan fingerprint density at radius 1 is 1.40 bits per heavy atom. The highest BCUT2D eigenvalue weighted by atomic mass is 32.2. The van der Waals surface area contributed by atoms with Gasteiger partial charge in [0.15, 0.2) is 6.61 Å². The van der Waals surface area contributed by atoms with E-state index >= 15 is 0 Å². The fourth-order valence-electron chi connectivity index (χ4n) is 2.44. The molecule has 2 unspecified atom stereocenters. The Kier molecular flexibility index (Phi) is 5.59. The molecule has 1 aromatic carbocycles. The van der Waals surface area contributed by atoms with Gasteiger partial charge in [-0.05, 0) is 49.3 Å². The van der Waals surface area contributed by atoms with Crippen molar-refractivity contribution in [3.05, 3.63) is 24.3 Å². The van der Waals surface area contributed by atoms with Gasteiger partial charge in [0.2, 0.25) is 0 Å². The van der Waals surface area contributed by atoms with Gasteiger partial charge in [-0.25, -0.2) is 0 Å². The summed E-state index contributed by atoms with van der Waals surface area (Å²) in [6, 6.07) is 7.37. The van der Waals surface area contributed by atoms with Crippen LogP contribution in [-0.2, 0) is 4.79 Å². The lowest BCUT2D eigenvalue weighted by Crippen LogP contribution is -2.36. The van der Waals surface area contributed by atoms with E-state index < -0.39 is 0 Å². The van der Waals surface area contributed by atoms with Gasteiger partial charge in [0.25, 0.3) is 5.91 Å². The van der Waals surface area contributed by atoms with Crippen molar-refractivity contribution in [1.29, 1.82) is 0 Å². The zero-order valence-corrected chi connectivity index (χ0v) is 12.6. The summed E-state index contributed by atoms with van der Waals surface area (Å²) >= 11 is 1.99. The molecular formula is C15H22N2O2S. The molecule has 1 aliphatic carbocycles. The zero-order valence-electron chi connectivity index (χ0n) is 11.8. The van der Waals surface area contributed by atoms with E-state index in [-0.39, 0.29) is 12.5 Å². The van der Waals surface area contributed by atoms with Crippen molar-refractivity contribution in [2.75, 3.05) is 18.1 Å². The van der Waals surface area contributed by atoms with Crippen LogP contribution in [0.3, 0.4) is 0 Å². The molecule has 1 fully saturated rings. The summed E-state index contributed by atoms with van der Waals surface area (Å²) in [5, 5.41) is 3.74. The van der Waals surface area contributed by atoms with Crippen LogP contribution in [0.2, 0.25) is 0 Å². The Hall–Kier alpha value is -1.36. The summed E-state index contributed by atoms with van der Waals surface area (Å²) in [5.41, 5.74) is 6.28. The van der Waals surface area contributed by atoms with Crippen LogP contribution in [0.25, 0.3) is 0 Å². The van der Waals surface area contributed by atoms with E-state index in [1.54, 1.807) is 24.3 Å². The van der Waals surface area contributed by atoms with E-state index in [2.05, 4.69) is 12.2 Å². The minimum absolute atomic E-state index is 0.0472. The fourth-order valence-corrected chi connectivity index (χ4v) is 3.58. The highest BCUT2D eigenvalue weighted by molar-refractivity contribution is 7.99. The number of carbonyl (C=O) groups excluding carboxylic acids is 1. The maximum absolute atomic E-state index is 11.8. The molecule has 2 atom stereocenters. The quantitative estimate of drug-likeness (QED) is 0.791. The highest BCUT2D eigenvalue weighted by Gasteiger charge is 2.25. The molecule has 1 aromatic rings. The molecule has 1 amide bonds. The van der Waals surface area contributed by atoms with Crippen LogP contribution in [0, 0.1) is 0 Å². The third-order valence-corrected chi connectivity index (χ3v) is 4.63. The predicted molar refractivity (Wildman–Crippen MR) is 84.1 cm³/mol. The molecule has 20 heavy (non-hydrogen) atoms. The number of amides is 1. The number of thioether (sulfide) groups is 1. The molecule has 0 bridgehead atoms. The van der Waals surface area contributed by atoms with E-state index in [4.69, 9.17) is 10.5 Å². The molecule has 2 rings (SSSR count). The lowest BCUT2D eigenvalue weighted by atomic mass is 10.2. The molecule has 0 aromatic heterocycles. The van der Waals surface area contributed by atoms with Gasteiger partial charge >= 0.3 is 0 Å². The summed E-state index contributed by atoms with van der Waals surface area (Å²) in [4.78, 5) is 11.8. The van der Waals surface area contributed by atoms with E-state index in [1.165, 1.54) is 6.42 Å². The zero-order chi connectivity index (χ0) is 14.4. The molecule has 1 saturated carbocycles. The molecule has 0 spiro atoms. The number of carbonyl (C=O) groups is 1. The van der Waals surface area contributed by atoms with Gasteiger partial charge in [-0.15, -0.1) is 0 Å². The fraction of sp³-hybridized carbons (Fsp3) is 0.533. The van der Waals surface area contributed by atoms with E-state index in [9.17, 15) is 4.79 Å². The van der Waals surface area contributed by atoms with Gasteiger partial charge in [-0.1, -0.05) is 6.92 Å². The number of hydrogen-bond donors (Lipinski definition) is 2. The number of nitrogens with two attached hydrogens (primary N) is 1. The highest BCUT2D eigenvalue weighted by Crippen LogP contribution is 2.29. The van der Waals surface area contributed by atoms with Gasteiger partial charge in [0.1, 0.15) is 5.75 Å². The van der Waals surface area contributed by atoms with E-state index in [0.717, 1.165) is 18.6 Å². The average Bonchev–Trinajstić information content (AvgIpc) is 2.86. The molecule has 0 aliphatic heterocycles. The van der Waals surface area contributed by atoms with Crippen molar-refractivity contribution in [2.45, 2.75) is 37.5 Å². The number of anilines is 1. The monoisotopic (exact) mass is 294 g/mol. The molecule has 5 heteroatoms. The van der Waals surface area contributed by atoms with Crippen molar-refractivity contribution < 1.29 is 9.53 Å². The first-order valence-corrected chi connectivity index (χ1v) is 8.11. The number of nitrogen functional groups attached to an aromatic ring is 1. The number of ether oxygens (including phenoxy) is 1. The number of nitrogens with one attached hydrogen (secondary N) is 1. The molecule has 0 radical (unpaired) electrons. The summed E-state index contributed by atoms with van der Waals surface area (Å²) in [7, 11) is 0. The molecule has 0 saturated heterocycles. The molecule has 3 N–H and O–H groups in total. The van der Waals surface area contributed by atoms with Gasteiger partial charge in [0, 0.05) is 17.0 Å². The van der Waals surface area contributed by atoms with E-state index in [1.807, 2.05) is 11.8 Å². The van der Waals surface area contributed by atoms with Crippen molar-refractivity contribution in [3.8, 4) is 5.75 Å². The van der Waals surface area contributed by atoms with Gasteiger partial charge in [0.05, 0.1) is 0 Å². The lowest BCUT2D eigenvalue weighted by Gasteiger charge is -2.13. The number of benzene rings is 1. The second kappa shape index (κ2) is 7.43. The van der Waals surface area contributed by atoms with Crippen LogP contribution >= 0.6 is 11.8 Å². The largest absolute Gasteiger partial charge is 0.484 e. The van der Waals surface area contributed by atoms with Crippen LogP contribution in [0.4, 0.5) is 5.69 Å². The first-order valence-electron chi connectivity index (χ1n) is 7.06. The van der Waals surface area contributed by atoms with Gasteiger partial charge in [-0.2, -0.15) is 11.8 Å². The molecule has 110 valence electrons. The van der Waals surface area contributed by atoms with Crippen molar-refractivity contribution >= 4 is 23.4 Å². The smallest absolute Gasteiger partial charge is 0.258 e. The summed E-state index contributed by atoms with van der Waals surface area (Å²) in [5.74, 6) is 1.76. The van der Waals surface area contributed by atoms with Crippen LogP contribution in [-0.4, -0.2) is 29.6 Å². The molecule has 4 nitrogen and oxygen atoms in total. The van der Waals surface area contributed by atoms with Gasteiger partial charge < -0.3 is 15.8 Å². The lowest BCUT2D eigenvalue weighted by molar-refractivity contribution is -0.123. The Morgan fingerprint density at radius 3 is 2.85 bits per heavy atom. The maximum atomic E-state index is 11.8. The number of hydrogen-bond acceptors (Lipinski definition) is 4. The molecule has 0 heterocycles. The van der Waals surface area contributed by atoms with Crippen molar-refractivity contribution in [3.63, 3.8) is 0 Å². The third-order valence-electron chi connectivity index (χ3n) is 3.40. The van der Waals surface area contributed by atoms with Gasteiger partial charge in [-0.3, -0.25) is 4.79 Å². The predicted octanol–water partition coefficient (Wildman–Crippen LogP) is 2.44. The van der Waals surface area contributed by atoms with Crippen LogP contribution in [0.1, 0.15) is 26.2 Å². The second-order valence-corrected chi connectivity index (χ2v) is 6.59. The minimum Gasteiger partial charge on any atom is -0.484 e. The molecular weight excluding hydrogens is 272 g/mol. The average molecular weight is 294 g/mol. The summed E-state index contributed by atoms with van der Waals surface area (Å²) in [6.07, 6.45) is 3.35.